The van der Waals surface area contributed by atoms with Crippen LogP contribution in [0, 0.1) is 0 Å². The molecule has 1 aromatic carbocycles. The zero-order valence-corrected chi connectivity index (χ0v) is 12.6. The summed E-state index contributed by atoms with van der Waals surface area (Å²) in [4.78, 5) is 2.34. The van der Waals surface area contributed by atoms with Crippen LogP contribution in [0.1, 0.15) is 20.3 Å². The lowest BCUT2D eigenvalue weighted by Gasteiger charge is -2.43. The maximum absolute atomic E-state index is 9.66. The summed E-state index contributed by atoms with van der Waals surface area (Å²) in [5.41, 5.74) is 1.20. The second-order valence-electron chi connectivity index (χ2n) is 5.45. The van der Waals surface area contributed by atoms with Gasteiger partial charge in [-0.05, 0) is 45.0 Å². The maximum atomic E-state index is 9.66. The molecular formula is C14H21BrN2O. The molecule has 1 fully saturated rings. The van der Waals surface area contributed by atoms with Crippen molar-refractivity contribution in [2.45, 2.75) is 31.8 Å². The molecule has 100 valence electrons. The fraction of sp³-hybridized carbons (Fsp3) is 0.571. The number of anilines is 1. The van der Waals surface area contributed by atoms with Crippen molar-refractivity contribution in [2.24, 2.45) is 0 Å². The van der Waals surface area contributed by atoms with Crippen LogP contribution in [0.4, 0.5) is 5.69 Å². The molecule has 0 saturated carbocycles. The van der Waals surface area contributed by atoms with Gasteiger partial charge in [-0.15, -0.1) is 0 Å². The van der Waals surface area contributed by atoms with Gasteiger partial charge < -0.3 is 15.3 Å². The molecule has 1 aromatic rings. The predicted molar refractivity (Wildman–Crippen MR) is 79.1 cm³/mol. The standard InChI is InChI=1S/C14H21BrN2O/c1-14(2)6-7-16-9-13(10-18)17(14)12-5-3-4-11(15)8-12/h3-5,8,13,16,18H,6-7,9-10H2,1-2H3. The van der Waals surface area contributed by atoms with Crippen molar-refractivity contribution in [1.82, 2.24) is 5.32 Å². The molecule has 1 heterocycles. The minimum atomic E-state index is 0.0394. The van der Waals surface area contributed by atoms with Gasteiger partial charge in [-0.2, -0.15) is 0 Å². The van der Waals surface area contributed by atoms with Crippen molar-refractivity contribution in [1.29, 1.82) is 0 Å². The summed E-state index contributed by atoms with van der Waals surface area (Å²) in [5, 5.41) is 13.1. The topological polar surface area (TPSA) is 35.5 Å². The van der Waals surface area contributed by atoms with Gasteiger partial charge in [0.2, 0.25) is 0 Å². The normalized spacial score (nSPS) is 23.8. The SMILES string of the molecule is CC1(C)CCNCC(CO)N1c1cccc(Br)c1. The third kappa shape index (κ3) is 2.87. The second kappa shape index (κ2) is 5.59. The molecule has 1 saturated heterocycles. The summed E-state index contributed by atoms with van der Waals surface area (Å²) in [6, 6.07) is 8.43. The van der Waals surface area contributed by atoms with Crippen LogP contribution < -0.4 is 10.2 Å². The number of benzene rings is 1. The van der Waals surface area contributed by atoms with E-state index in [9.17, 15) is 5.11 Å². The highest BCUT2D eigenvalue weighted by atomic mass is 79.9. The van der Waals surface area contributed by atoms with Crippen LogP contribution in [-0.4, -0.2) is 36.4 Å². The van der Waals surface area contributed by atoms with E-state index in [0.717, 1.165) is 29.7 Å². The van der Waals surface area contributed by atoms with Crippen LogP contribution in [0.5, 0.6) is 0 Å². The van der Waals surface area contributed by atoms with Crippen LogP contribution in [-0.2, 0) is 0 Å². The number of nitrogens with zero attached hydrogens (tertiary/aromatic N) is 1. The Kier molecular flexibility index (Phi) is 4.30. The summed E-state index contributed by atoms with van der Waals surface area (Å²) in [5.74, 6) is 0. The summed E-state index contributed by atoms with van der Waals surface area (Å²) >= 11 is 3.52. The number of hydrogen-bond acceptors (Lipinski definition) is 3. The predicted octanol–water partition coefficient (Wildman–Crippen LogP) is 2.39. The van der Waals surface area contributed by atoms with Crippen molar-refractivity contribution in [3.8, 4) is 0 Å². The van der Waals surface area contributed by atoms with Crippen LogP contribution in [0.2, 0.25) is 0 Å². The van der Waals surface area contributed by atoms with E-state index in [2.05, 4.69) is 52.1 Å². The Bertz CT molecular complexity index is 409. The summed E-state index contributed by atoms with van der Waals surface area (Å²) < 4.78 is 1.07. The molecule has 0 bridgehead atoms. The Hall–Kier alpha value is -0.580. The molecule has 1 atom stereocenters. The molecule has 2 rings (SSSR count). The van der Waals surface area contributed by atoms with Gasteiger partial charge in [0.25, 0.3) is 0 Å². The van der Waals surface area contributed by atoms with E-state index in [1.807, 2.05) is 12.1 Å². The third-order valence-corrected chi connectivity index (χ3v) is 4.10. The largest absolute Gasteiger partial charge is 0.394 e. The molecule has 1 aliphatic heterocycles. The van der Waals surface area contributed by atoms with Crippen molar-refractivity contribution >= 4 is 21.6 Å². The average molecular weight is 313 g/mol. The summed E-state index contributed by atoms with van der Waals surface area (Å²) in [6.45, 7) is 6.47. The lowest BCUT2D eigenvalue weighted by Crippen LogP contribution is -2.52. The van der Waals surface area contributed by atoms with E-state index < -0.39 is 0 Å². The molecular weight excluding hydrogens is 292 g/mol. The van der Waals surface area contributed by atoms with Gasteiger partial charge in [0, 0.05) is 22.2 Å². The Morgan fingerprint density at radius 3 is 2.94 bits per heavy atom. The number of aliphatic hydroxyl groups is 1. The molecule has 1 aliphatic rings. The van der Waals surface area contributed by atoms with E-state index >= 15 is 0 Å². The summed E-state index contributed by atoms with van der Waals surface area (Å²) in [6.07, 6.45) is 1.07. The van der Waals surface area contributed by atoms with Crippen LogP contribution in [0.25, 0.3) is 0 Å². The van der Waals surface area contributed by atoms with Gasteiger partial charge in [0.15, 0.2) is 0 Å². The highest BCUT2D eigenvalue weighted by Crippen LogP contribution is 2.31. The number of halogens is 1. The van der Waals surface area contributed by atoms with E-state index in [-0.39, 0.29) is 18.2 Å². The monoisotopic (exact) mass is 312 g/mol. The van der Waals surface area contributed by atoms with Crippen molar-refractivity contribution in [3.05, 3.63) is 28.7 Å². The maximum Gasteiger partial charge on any atom is 0.0650 e. The Balaban J connectivity index is 2.40. The summed E-state index contributed by atoms with van der Waals surface area (Å²) in [7, 11) is 0. The smallest absolute Gasteiger partial charge is 0.0650 e. The van der Waals surface area contributed by atoms with Gasteiger partial charge >= 0.3 is 0 Å². The fourth-order valence-corrected chi connectivity index (χ4v) is 3.09. The first-order valence-corrected chi connectivity index (χ1v) is 7.20. The van der Waals surface area contributed by atoms with Crippen molar-refractivity contribution in [3.63, 3.8) is 0 Å². The van der Waals surface area contributed by atoms with E-state index in [1.54, 1.807) is 0 Å². The highest BCUT2D eigenvalue weighted by Gasteiger charge is 2.34. The van der Waals surface area contributed by atoms with Crippen LogP contribution >= 0.6 is 15.9 Å². The first kappa shape index (κ1) is 13.8. The fourth-order valence-electron chi connectivity index (χ4n) is 2.70. The third-order valence-electron chi connectivity index (χ3n) is 3.61. The molecule has 1 unspecified atom stereocenters. The van der Waals surface area contributed by atoms with Gasteiger partial charge in [0.05, 0.1) is 12.6 Å². The van der Waals surface area contributed by atoms with Gasteiger partial charge in [-0.1, -0.05) is 22.0 Å². The lowest BCUT2D eigenvalue weighted by molar-refractivity contribution is 0.245. The Morgan fingerprint density at radius 1 is 1.50 bits per heavy atom. The molecule has 0 spiro atoms. The zero-order chi connectivity index (χ0) is 13.2. The molecule has 3 nitrogen and oxygen atoms in total. The molecule has 0 aliphatic carbocycles. The molecule has 0 radical (unpaired) electrons. The number of hydrogen-bond donors (Lipinski definition) is 2. The Labute approximate surface area is 117 Å². The van der Waals surface area contributed by atoms with Crippen LogP contribution in [0.15, 0.2) is 28.7 Å². The Morgan fingerprint density at radius 2 is 2.28 bits per heavy atom. The van der Waals surface area contributed by atoms with E-state index in [0.29, 0.717) is 0 Å². The molecule has 2 N–H and O–H groups in total. The first-order valence-electron chi connectivity index (χ1n) is 6.41. The number of aliphatic hydroxyl groups excluding tert-OH is 1. The van der Waals surface area contributed by atoms with Gasteiger partial charge in [-0.3, -0.25) is 0 Å². The average Bonchev–Trinajstić information content (AvgIpc) is 2.47. The lowest BCUT2D eigenvalue weighted by atomic mass is 9.96. The highest BCUT2D eigenvalue weighted by molar-refractivity contribution is 9.10. The quantitative estimate of drug-likeness (QED) is 0.880. The zero-order valence-electron chi connectivity index (χ0n) is 11.0. The second-order valence-corrected chi connectivity index (χ2v) is 6.37. The van der Waals surface area contributed by atoms with Gasteiger partial charge in [0.1, 0.15) is 0 Å². The first-order chi connectivity index (χ1) is 8.54. The minimum absolute atomic E-state index is 0.0394. The van der Waals surface area contributed by atoms with E-state index in [4.69, 9.17) is 0 Å². The number of nitrogens with one attached hydrogen (secondary N) is 1. The molecule has 4 heteroatoms. The molecule has 0 amide bonds. The van der Waals surface area contributed by atoms with Crippen molar-refractivity contribution in [2.75, 3.05) is 24.6 Å². The number of rotatable bonds is 2. The molecule has 18 heavy (non-hydrogen) atoms. The van der Waals surface area contributed by atoms with E-state index in [1.165, 1.54) is 0 Å². The minimum Gasteiger partial charge on any atom is -0.394 e. The van der Waals surface area contributed by atoms with Gasteiger partial charge in [-0.25, -0.2) is 0 Å². The molecule has 0 aromatic heterocycles. The van der Waals surface area contributed by atoms with Crippen LogP contribution in [0.3, 0.4) is 0 Å². The van der Waals surface area contributed by atoms with Crippen molar-refractivity contribution < 1.29 is 5.11 Å².